The summed E-state index contributed by atoms with van der Waals surface area (Å²) >= 11 is 5.80. The lowest BCUT2D eigenvalue weighted by Crippen LogP contribution is -2.49. The van der Waals surface area contributed by atoms with Gasteiger partial charge in [-0.25, -0.2) is 9.78 Å². The van der Waals surface area contributed by atoms with Crippen LogP contribution in [0.1, 0.15) is 17.3 Å². The van der Waals surface area contributed by atoms with Crippen molar-refractivity contribution in [2.24, 2.45) is 0 Å². The molecule has 1 aliphatic rings. The number of nitrogens with zero attached hydrogens (tertiary/aromatic N) is 3. The number of ether oxygens (including phenoxy) is 1. The molecule has 1 aromatic heterocycles. The molecule has 1 aliphatic heterocycles. The smallest absolute Gasteiger partial charge is 0.341 e. The third-order valence-corrected chi connectivity index (χ3v) is 3.78. The maximum atomic E-state index is 12.0. The zero-order valence-electron chi connectivity index (χ0n) is 11.9. The van der Waals surface area contributed by atoms with Crippen molar-refractivity contribution in [1.82, 2.24) is 14.8 Å². The summed E-state index contributed by atoms with van der Waals surface area (Å²) in [6.45, 7) is 5.84. The number of carbonyl (C=O) groups excluding carboxylic acids is 2. The summed E-state index contributed by atoms with van der Waals surface area (Å²) in [6.07, 6.45) is 1.48. The van der Waals surface area contributed by atoms with Crippen molar-refractivity contribution in [2.75, 3.05) is 39.3 Å². The number of likely N-dealkylation sites (N-methyl/N-ethyl adjacent to an activating group) is 1. The highest BCUT2D eigenvalue weighted by atomic mass is 35.5. The highest BCUT2D eigenvalue weighted by Crippen LogP contribution is 2.12. The van der Waals surface area contributed by atoms with E-state index in [1.807, 2.05) is 0 Å². The Bertz CT molecular complexity index is 516. The van der Waals surface area contributed by atoms with Gasteiger partial charge in [-0.1, -0.05) is 18.5 Å². The predicted octanol–water partition coefficient (Wildman–Crippen LogP) is 1.06. The largest absolute Gasteiger partial charge is 0.452 e. The summed E-state index contributed by atoms with van der Waals surface area (Å²) in [4.78, 5) is 31.6. The minimum Gasteiger partial charge on any atom is -0.452 e. The monoisotopic (exact) mass is 311 g/mol. The molecule has 0 unspecified atom stereocenters. The minimum absolute atomic E-state index is 0.0755. The van der Waals surface area contributed by atoms with Crippen LogP contribution in [0.15, 0.2) is 18.3 Å². The Morgan fingerprint density at radius 2 is 2.05 bits per heavy atom. The Hall–Kier alpha value is -1.66. The number of rotatable bonds is 4. The van der Waals surface area contributed by atoms with E-state index in [-0.39, 0.29) is 23.2 Å². The molecule has 1 fully saturated rings. The Kier molecular flexibility index (Phi) is 5.52. The second-order valence-electron chi connectivity index (χ2n) is 4.73. The predicted molar refractivity (Wildman–Crippen MR) is 78.2 cm³/mol. The van der Waals surface area contributed by atoms with Gasteiger partial charge in [-0.3, -0.25) is 4.79 Å². The number of esters is 1. The molecule has 0 saturated carbocycles. The van der Waals surface area contributed by atoms with Crippen LogP contribution in [0.5, 0.6) is 0 Å². The summed E-state index contributed by atoms with van der Waals surface area (Å²) in [5.41, 5.74) is 0.169. The van der Waals surface area contributed by atoms with Crippen LogP contribution in [-0.4, -0.2) is 66.0 Å². The molecule has 21 heavy (non-hydrogen) atoms. The van der Waals surface area contributed by atoms with Crippen LogP contribution >= 0.6 is 11.6 Å². The van der Waals surface area contributed by atoms with E-state index in [1.54, 1.807) is 11.0 Å². The maximum absolute atomic E-state index is 12.0. The topological polar surface area (TPSA) is 62.7 Å². The summed E-state index contributed by atoms with van der Waals surface area (Å²) in [7, 11) is 0. The van der Waals surface area contributed by atoms with Crippen LogP contribution in [0, 0.1) is 0 Å². The van der Waals surface area contributed by atoms with Crippen molar-refractivity contribution in [3.05, 3.63) is 29.0 Å². The number of pyridine rings is 1. The lowest BCUT2D eigenvalue weighted by atomic mass is 10.3. The van der Waals surface area contributed by atoms with Crippen LogP contribution in [-0.2, 0) is 9.53 Å². The standard InChI is InChI=1S/C14H18ClN3O3/c1-2-17-6-8-18(9-7-17)12(19)10-21-14(20)11-4-3-5-16-13(11)15/h3-5H,2,6-10H2,1H3. The molecule has 0 aliphatic carbocycles. The molecular formula is C14H18ClN3O3. The van der Waals surface area contributed by atoms with Crippen LogP contribution in [0.2, 0.25) is 5.15 Å². The molecule has 0 bridgehead atoms. The fourth-order valence-corrected chi connectivity index (χ4v) is 2.34. The number of aromatic nitrogens is 1. The van der Waals surface area contributed by atoms with Crippen LogP contribution in [0.4, 0.5) is 0 Å². The fourth-order valence-electron chi connectivity index (χ4n) is 2.15. The third kappa shape index (κ3) is 4.15. The minimum atomic E-state index is -0.631. The van der Waals surface area contributed by atoms with Crippen molar-refractivity contribution in [3.8, 4) is 0 Å². The SMILES string of the molecule is CCN1CCN(C(=O)COC(=O)c2cccnc2Cl)CC1. The molecule has 0 atom stereocenters. The van der Waals surface area contributed by atoms with Gasteiger partial charge in [0.15, 0.2) is 6.61 Å². The van der Waals surface area contributed by atoms with Gasteiger partial charge in [-0.15, -0.1) is 0 Å². The number of hydrogen-bond acceptors (Lipinski definition) is 5. The van der Waals surface area contributed by atoms with Crippen molar-refractivity contribution >= 4 is 23.5 Å². The van der Waals surface area contributed by atoms with Gasteiger partial charge in [0.05, 0.1) is 5.56 Å². The first-order valence-corrected chi connectivity index (χ1v) is 7.27. The van der Waals surface area contributed by atoms with Crippen molar-refractivity contribution in [3.63, 3.8) is 0 Å². The molecule has 2 heterocycles. The number of carbonyl (C=O) groups is 2. The Balaban J connectivity index is 1.82. The summed E-state index contributed by atoms with van der Waals surface area (Å²) < 4.78 is 5.01. The van der Waals surface area contributed by atoms with Crippen molar-refractivity contribution in [1.29, 1.82) is 0 Å². The van der Waals surface area contributed by atoms with Crippen LogP contribution in [0.3, 0.4) is 0 Å². The van der Waals surface area contributed by atoms with Gasteiger partial charge in [0.25, 0.3) is 5.91 Å². The van der Waals surface area contributed by atoms with E-state index in [9.17, 15) is 9.59 Å². The zero-order valence-corrected chi connectivity index (χ0v) is 12.7. The second-order valence-corrected chi connectivity index (χ2v) is 5.09. The Morgan fingerprint density at radius 3 is 2.67 bits per heavy atom. The van der Waals surface area contributed by atoms with Gasteiger partial charge in [0, 0.05) is 32.4 Å². The summed E-state index contributed by atoms with van der Waals surface area (Å²) in [5.74, 6) is -0.812. The molecule has 1 aromatic rings. The van der Waals surface area contributed by atoms with Crippen molar-refractivity contribution < 1.29 is 14.3 Å². The van der Waals surface area contributed by atoms with Gasteiger partial charge in [0.1, 0.15) is 5.15 Å². The first kappa shape index (κ1) is 15.7. The van der Waals surface area contributed by atoms with Gasteiger partial charge < -0.3 is 14.5 Å². The molecule has 0 N–H and O–H groups in total. The van der Waals surface area contributed by atoms with E-state index in [2.05, 4.69) is 16.8 Å². The third-order valence-electron chi connectivity index (χ3n) is 3.48. The highest BCUT2D eigenvalue weighted by Gasteiger charge is 2.21. The number of halogens is 1. The first-order chi connectivity index (χ1) is 10.1. The van der Waals surface area contributed by atoms with Gasteiger partial charge in [0.2, 0.25) is 0 Å². The molecule has 1 amide bonds. The molecule has 7 heteroatoms. The Morgan fingerprint density at radius 1 is 1.33 bits per heavy atom. The molecular weight excluding hydrogens is 294 g/mol. The quantitative estimate of drug-likeness (QED) is 0.614. The molecule has 0 spiro atoms. The lowest BCUT2D eigenvalue weighted by molar-refractivity contribution is -0.136. The highest BCUT2D eigenvalue weighted by molar-refractivity contribution is 6.32. The van der Waals surface area contributed by atoms with E-state index in [1.165, 1.54) is 12.3 Å². The molecule has 0 radical (unpaired) electrons. The van der Waals surface area contributed by atoms with Gasteiger partial charge in [-0.2, -0.15) is 0 Å². The first-order valence-electron chi connectivity index (χ1n) is 6.89. The van der Waals surface area contributed by atoms with E-state index in [4.69, 9.17) is 16.3 Å². The maximum Gasteiger partial charge on any atom is 0.341 e. The van der Waals surface area contributed by atoms with E-state index < -0.39 is 5.97 Å². The van der Waals surface area contributed by atoms with Crippen molar-refractivity contribution in [2.45, 2.75) is 6.92 Å². The Labute approximate surface area is 128 Å². The number of hydrogen-bond donors (Lipinski definition) is 0. The molecule has 6 nitrogen and oxygen atoms in total. The molecule has 1 saturated heterocycles. The number of amides is 1. The van der Waals surface area contributed by atoms with E-state index >= 15 is 0 Å². The van der Waals surface area contributed by atoms with Crippen LogP contribution < -0.4 is 0 Å². The summed E-state index contributed by atoms with van der Waals surface area (Å²) in [5, 5.41) is 0.0755. The normalized spacial score (nSPS) is 15.8. The lowest BCUT2D eigenvalue weighted by Gasteiger charge is -2.33. The fraction of sp³-hybridized carbons (Fsp3) is 0.500. The van der Waals surface area contributed by atoms with Gasteiger partial charge in [-0.05, 0) is 18.7 Å². The van der Waals surface area contributed by atoms with E-state index in [0.29, 0.717) is 13.1 Å². The number of piperazine rings is 1. The zero-order chi connectivity index (χ0) is 15.2. The molecule has 2 rings (SSSR count). The van der Waals surface area contributed by atoms with Crippen LogP contribution in [0.25, 0.3) is 0 Å². The molecule has 114 valence electrons. The second kappa shape index (κ2) is 7.38. The average molecular weight is 312 g/mol. The van der Waals surface area contributed by atoms with Gasteiger partial charge >= 0.3 is 5.97 Å². The average Bonchev–Trinajstić information content (AvgIpc) is 2.52. The molecule has 0 aromatic carbocycles. The summed E-state index contributed by atoms with van der Waals surface area (Å²) in [6, 6.07) is 3.11. The van der Waals surface area contributed by atoms with E-state index in [0.717, 1.165) is 19.6 Å².